The minimum Gasteiger partial charge on any atom is -0.508 e. The summed E-state index contributed by atoms with van der Waals surface area (Å²) >= 11 is 0. The maximum atomic E-state index is 12.3. The van der Waals surface area contributed by atoms with Gasteiger partial charge in [0.15, 0.2) is 11.6 Å². The Morgan fingerprint density at radius 3 is 2.29 bits per heavy atom. The van der Waals surface area contributed by atoms with E-state index in [-0.39, 0.29) is 17.2 Å². The molecule has 4 rings (SSSR count). The largest absolute Gasteiger partial charge is 0.508 e. The lowest BCUT2D eigenvalue weighted by Crippen LogP contribution is -2.28. The summed E-state index contributed by atoms with van der Waals surface area (Å²) in [5.74, 6) is 0.382. The first-order valence-corrected chi connectivity index (χ1v) is 9.29. The molecule has 5 nitrogen and oxygen atoms in total. The van der Waals surface area contributed by atoms with Crippen LogP contribution in [0.5, 0.6) is 5.75 Å². The van der Waals surface area contributed by atoms with E-state index in [0.717, 1.165) is 37.1 Å². The standard InChI is InChI=1S/C15H19NO2.C6H3F2NO/c17-14-6-4-11(5-7-14)15(18)10-16-8-12-2-1-3-13(12)9-16;7-4-1-2-6(9-10)5(8)3-4/h4-7,12-13,17H,1-3,8-10H2;1-3H/t12-,13+;. The highest BCUT2D eigenvalue weighted by Crippen LogP contribution is 2.37. The van der Waals surface area contributed by atoms with E-state index in [9.17, 15) is 23.6 Å². The lowest BCUT2D eigenvalue weighted by molar-refractivity contribution is 0.0941. The molecule has 148 valence electrons. The summed E-state index contributed by atoms with van der Waals surface area (Å²) < 4.78 is 24.4. The number of aromatic hydroxyl groups is 1. The Morgan fingerprint density at radius 2 is 1.71 bits per heavy atom. The molecule has 2 atom stereocenters. The Labute approximate surface area is 162 Å². The fraction of sp³-hybridized carbons (Fsp3) is 0.381. The van der Waals surface area contributed by atoms with E-state index in [1.54, 1.807) is 24.3 Å². The molecule has 1 aliphatic carbocycles. The van der Waals surface area contributed by atoms with Gasteiger partial charge in [0.05, 0.1) is 6.54 Å². The van der Waals surface area contributed by atoms with Crippen LogP contribution in [0.4, 0.5) is 14.5 Å². The molecule has 2 fully saturated rings. The molecule has 7 heteroatoms. The number of nitrogens with zero attached hydrogens (tertiary/aromatic N) is 2. The van der Waals surface area contributed by atoms with Crippen molar-refractivity contribution in [3.63, 3.8) is 0 Å². The summed E-state index contributed by atoms with van der Waals surface area (Å²) in [5.41, 5.74) is 0.325. The van der Waals surface area contributed by atoms with E-state index in [4.69, 9.17) is 0 Å². The summed E-state index contributed by atoms with van der Waals surface area (Å²) in [4.78, 5) is 24.1. The zero-order valence-corrected chi connectivity index (χ0v) is 15.4. The third-order valence-corrected chi connectivity index (χ3v) is 5.37. The van der Waals surface area contributed by atoms with Gasteiger partial charge in [0.2, 0.25) is 0 Å². The van der Waals surface area contributed by atoms with Crippen LogP contribution >= 0.6 is 0 Å². The summed E-state index contributed by atoms with van der Waals surface area (Å²) in [7, 11) is 0. The van der Waals surface area contributed by atoms with Crippen LogP contribution in [-0.4, -0.2) is 35.4 Å². The van der Waals surface area contributed by atoms with Gasteiger partial charge in [0, 0.05) is 24.7 Å². The number of phenols is 1. The van der Waals surface area contributed by atoms with E-state index >= 15 is 0 Å². The lowest BCUT2D eigenvalue weighted by Gasteiger charge is -2.15. The van der Waals surface area contributed by atoms with Crippen LogP contribution in [0, 0.1) is 28.4 Å². The number of hydrogen-bond acceptors (Lipinski definition) is 5. The Kier molecular flexibility index (Phi) is 6.46. The zero-order chi connectivity index (χ0) is 20.1. The van der Waals surface area contributed by atoms with Gasteiger partial charge < -0.3 is 5.11 Å². The predicted molar refractivity (Wildman–Crippen MR) is 102 cm³/mol. The number of likely N-dealkylation sites (tertiary alicyclic amines) is 1. The minimum atomic E-state index is -0.935. The first kappa shape index (κ1) is 20.1. The van der Waals surface area contributed by atoms with Gasteiger partial charge in [-0.2, -0.15) is 0 Å². The number of hydrogen-bond donors (Lipinski definition) is 1. The van der Waals surface area contributed by atoms with Crippen LogP contribution in [0.15, 0.2) is 47.6 Å². The predicted octanol–water partition coefficient (Wildman–Crippen LogP) is 4.67. The second kappa shape index (κ2) is 9.01. The van der Waals surface area contributed by atoms with Gasteiger partial charge in [-0.05, 0) is 66.3 Å². The molecule has 1 heterocycles. The quantitative estimate of drug-likeness (QED) is 0.610. The molecule has 28 heavy (non-hydrogen) atoms. The molecule has 1 saturated heterocycles. The maximum Gasteiger partial charge on any atom is 0.176 e. The Hall–Kier alpha value is -2.67. The highest BCUT2D eigenvalue weighted by molar-refractivity contribution is 5.97. The molecule has 1 aliphatic heterocycles. The van der Waals surface area contributed by atoms with Crippen LogP contribution in [0.1, 0.15) is 29.6 Å². The monoisotopic (exact) mass is 388 g/mol. The molecule has 0 amide bonds. The highest BCUT2D eigenvalue weighted by atomic mass is 19.1. The molecule has 0 bridgehead atoms. The van der Waals surface area contributed by atoms with Crippen LogP contribution in [0.2, 0.25) is 0 Å². The van der Waals surface area contributed by atoms with Gasteiger partial charge in [-0.25, -0.2) is 8.78 Å². The number of Topliss-reactive ketones (excluding diaryl/α,β-unsaturated/α-hetero) is 1. The normalized spacial score (nSPS) is 20.9. The minimum absolute atomic E-state index is 0.162. The molecule has 0 radical (unpaired) electrons. The van der Waals surface area contributed by atoms with Gasteiger partial charge in [-0.1, -0.05) is 6.42 Å². The third kappa shape index (κ3) is 4.98. The number of ketones is 1. The average molecular weight is 388 g/mol. The molecule has 1 N–H and O–H groups in total. The summed E-state index contributed by atoms with van der Waals surface area (Å²) in [6.45, 7) is 2.71. The van der Waals surface area contributed by atoms with E-state index in [2.05, 4.69) is 10.1 Å². The number of rotatable bonds is 4. The fourth-order valence-electron chi connectivity index (χ4n) is 3.96. The second-order valence-corrected chi connectivity index (χ2v) is 7.30. The lowest BCUT2D eigenvalue weighted by atomic mass is 10.0. The molecular formula is C21H22F2N2O3. The van der Waals surface area contributed by atoms with Crippen LogP contribution < -0.4 is 0 Å². The topological polar surface area (TPSA) is 70.0 Å². The van der Waals surface area contributed by atoms with Crippen molar-refractivity contribution < 1.29 is 18.7 Å². The molecule has 0 spiro atoms. The third-order valence-electron chi connectivity index (χ3n) is 5.37. The van der Waals surface area contributed by atoms with E-state index in [1.165, 1.54) is 19.3 Å². The SMILES string of the molecule is O=C(CN1C[C@H]2CCC[C@H]2C1)c1ccc(O)cc1.O=Nc1ccc(F)cc1F. The van der Waals surface area contributed by atoms with Crippen molar-refractivity contribution in [3.8, 4) is 5.75 Å². The first-order valence-electron chi connectivity index (χ1n) is 9.29. The molecule has 2 aliphatic rings. The highest BCUT2D eigenvalue weighted by Gasteiger charge is 2.36. The second-order valence-electron chi connectivity index (χ2n) is 7.30. The van der Waals surface area contributed by atoms with Crippen molar-refractivity contribution in [2.45, 2.75) is 19.3 Å². The van der Waals surface area contributed by atoms with E-state index < -0.39 is 11.6 Å². The smallest absolute Gasteiger partial charge is 0.176 e. The molecule has 0 unspecified atom stereocenters. The van der Waals surface area contributed by atoms with Crippen LogP contribution in [0.3, 0.4) is 0 Å². The van der Waals surface area contributed by atoms with Gasteiger partial charge in [0.25, 0.3) is 0 Å². The molecule has 0 aromatic heterocycles. The van der Waals surface area contributed by atoms with Crippen molar-refractivity contribution in [3.05, 3.63) is 64.6 Å². The number of halogens is 2. The van der Waals surface area contributed by atoms with Crippen LogP contribution in [-0.2, 0) is 0 Å². The number of fused-ring (bicyclic) bond motifs is 1. The van der Waals surface area contributed by atoms with Gasteiger partial charge >= 0.3 is 0 Å². The fourth-order valence-corrected chi connectivity index (χ4v) is 3.96. The summed E-state index contributed by atoms with van der Waals surface area (Å²) in [6, 6.07) is 9.12. The number of benzene rings is 2. The Morgan fingerprint density at radius 1 is 1.07 bits per heavy atom. The zero-order valence-electron chi connectivity index (χ0n) is 15.4. The molecule has 1 saturated carbocycles. The first-order chi connectivity index (χ1) is 13.5. The molecular weight excluding hydrogens is 366 g/mol. The molecule has 2 aromatic rings. The summed E-state index contributed by atoms with van der Waals surface area (Å²) in [6.07, 6.45) is 4.05. The average Bonchev–Trinajstić information content (AvgIpc) is 3.24. The van der Waals surface area contributed by atoms with Gasteiger partial charge in [-0.15, -0.1) is 4.91 Å². The Balaban J connectivity index is 0.000000192. The van der Waals surface area contributed by atoms with Gasteiger partial charge in [-0.3, -0.25) is 9.69 Å². The van der Waals surface area contributed by atoms with Crippen molar-refractivity contribution in [1.82, 2.24) is 4.90 Å². The number of nitroso groups, excluding NO2 is 1. The maximum absolute atomic E-state index is 12.3. The van der Waals surface area contributed by atoms with Crippen molar-refractivity contribution in [2.75, 3.05) is 19.6 Å². The van der Waals surface area contributed by atoms with Crippen molar-refractivity contribution >= 4 is 11.5 Å². The van der Waals surface area contributed by atoms with Gasteiger partial charge in [0.1, 0.15) is 17.3 Å². The number of carbonyl (C=O) groups excluding carboxylic acids is 1. The van der Waals surface area contributed by atoms with Crippen molar-refractivity contribution in [1.29, 1.82) is 0 Å². The Bertz CT molecular complexity index is 830. The van der Waals surface area contributed by atoms with E-state index in [1.807, 2.05) is 0 Å². The number of phenolic OH excluding ortho intramolecular Hbond substituents is 1. The molecule has 2 aromatic carbocycles. The number of carbonyl (C=O) groups is 1. The van der Waals surface area contributed by atoms with Crippen molar-refractivity contribution in [2.24, 2.45) is 17.0 Å². The van der Waals surface area contributed by atoms with Crippen LogP contribution in [0.25, 0.3) is 0 Å². The summed E-state index contributed by atoms with van der Waals surface area (Å²) in [5, 5.41) is 11.5. The van der Waals surface area contributed by atoms with E-state index in [0.29, 0.717) is 18.2 Å².